The van der Waals surface area contributed by atoms with Crippen molar-refractivity contribution >= 4 is 20.0 Å². The number of alkyl halides is 6. The second-order valence-corrected chi connectivity index (χ2v) is 9.78. The summed E-state index contributed by atoms with van der Waals surface area (Å²) in [5.74, 6) is 0. The molecule has 0 spiro atoms. The summed E-state index contributed by atoms with van der Waals surface area (Å²) in [7, 11) is -10.1. The van der Waals surface area contributed by atoms with E-state index >= 15 is 0 Å². The van der Waals surface area contributed by atoms with E-state index in [1.807, 2.05) is 0 Å². The second kappa shape index (κ2) is 7.29. The Bertz CT molecular complexity index is 1060. The summed E-state index contributed by atoms with van der Waals surface area (Å²) >= 11 is 0. The van der Waals surface area contributed by atoms with Crippen LogP contribution in [0.5, 0.6) is 0 Å². The van der Waals surface area contributed by atoms with E-state index in [1.54, 1.807) is 0 Å². The van der Waals surface area contributed by atoms with Crippen molar-refractivity contribution < 1.29 is 43.2 Å². The van der Waals surface area contributed by atoms with Crippen LogP contribution in [0.25, 0.3) is 0 Å². The van der Waals surface area contributed by atoms with E-state index in [1.165, 1.54) is 18.0 Å². The molecule has 2 aromatic carbocycles. The molecular formula is C16H13F6NO4S2. The van der Waals surface area contributed by atoms with Crippen LogP contribution >= 0.6 is 0 Å². The van der Waals surface area contributed by atoms with Crippen LogP contribution in [0.2, 0.25) is 0 Å². The van der Waals surface area contributed by atoms with E-state index < -0.39 is 53.3 Å². The van der Waals surface area contributed by atoms with Gasteiger partial charge in [-0.1, -0.05) is 0 Å². The maximum atomic E-state index is 12.9. The van der Waals surface area contributed by atoms with E-state index in [9.17, 15) is 43.2 Å². The van der Waals surface area contributed by atoms with Gasteiger partial charge in [0.2, 0.25) is 0 Å². The van der Waals surface area contributed by atoms with Gasteiger partial charge < -0.3 is 0 Å². The molecular weight excluding hydrogens is 448 g/mol. The fourth-order valence-electron chi connectivity index (χ4n) is 2.37. The zero-order valence-corrected chi connectivity index (χ0v) is 16.3. The van der Waals surface area contributed by atoms with Crippen molar-refractivity contribution in [2.75, 3.05) is 0 Å². The highest BCUT2D eigenvalue weighted by Crippen LogP contribution is 2.33. The van der Waals surface area contributed by atoms with Crippen molar-refractivity contribution in [2.45, 2.75) is 36.0 Å². The van der Waals surface area contributed by atoms with Crippen molar-refractivity contribution in [1.82, 2.24) is 4.13 Å². The quantitative estimate of drug-likeness (QED) is 0.698. The molecule has 0 unspecified atom stereocenters. The number of rotatable bonds is 4. The SMILES string of the molecule is Cc1cc(C(F)(F)F)cc(S(=O)(=O)NS(=O)(=O)c2cc(C)cc(C(F)(F)F)c2)c1. The summed E-state index contributed by atoms with van der Waals surface area (Å²) in [6.45, 7) is 2.33. The summed E-state index contributed by atoms with van der Waals surface area (Å²) in [4.78, 5) is -2.01. The average Bonchev–Trinajstić information content (AvgIpc) is 2.51. The largest absolute Gasteiger partial charge is 0.416 e. The molecule has 2 rings (SSSR count). The summed E-state index contributed by atoms with van der Waals surface area (Å²) in [5.41, 5.74) is -2.89. The molecule has 0 saturated heterocycles. The first kappa shape index (κ1) is 23.2. The molecule has 0 atom stereocenters. The Morgan fingerprint density at radius 2 is 0.931 bits per heavy atom. The fourth-order valence-corrected chi connectivity index (χ4v) is 5.55. The van der Waals surface area contributed by atoms with Crippen molar-refractivity contribution in [2.24, 2.45) is 0 Å². The molecule has 13 heteroatoms. The van der Waals surface area contributed by atoms with Gasteiger partial charge in [-0.25, -0.2) is 16.8 Å². The van der Waals surface area contributed by atoms with Gasteiger partial charge in [-0.05, 0) is 61.4 Å². The van der Waals surface area contributed by atoms with Crippen LogP contribution in [-0.4, -0.2) is 16.8 Å². The van der Waals surface area contributed by atoms with Crippen molar-refractivity contribution in [3.8, 4) is 0 Å². The third-order valence-corrected chi connectivity index (χ3v) is 7.06. The molecule has 0 aromatic heterocycles. The number of nitrogens with one attached hydrogen (secondary N) is 1. The van der Waals surface area contributed by atoms with Gasteiger partial charge in [-0.2, -0.15) is 26.3 Å². The zero-order valence-electron chi connectivity index (χ0n) is 14.7. The van der Waals surface area contributed by atoms with Gasteiger partial charge >= 0.3 is 12.4 Å². The van der Waals surface area contributed by atoms with Gasteiger partial charge in [0.25, 0.3) is 20.0 Å². The smallest absolute Gasteiger partial charge is 0.206 e. The van der Waals surface area contributed by atoms with E-state index in [0.717, 1.165) is 12.1 Å². The van der Waals surface area contributed by atoms with Crippen LogP contribution in [0.4, 0.5) is 26.3 Å². The minimum Gasteiger partial charge on any atom is -0.206 e. The number of benzene rings is 2. The molecule has 0 aliphatic carbocycles. The molecule has 2 aromatic rings. The van der Waals surface area contributed by atoms with Gasteiger partial charge in [0, 0.05) is 0 Å². The topological polar surface area (TPSA) is 80.3 Å². The Labute approximate surface area is 162 Å². The lowest BCUT2D eigenvalue weighted by atomic mass is 10.1. The molecule has 0 aliphatic rings. The third kappa shape index (κ3) is 5.48. The number of halogens is 6. The molecule has 29 heavy (non-hydrogen) atoms. The molecule has 160 valence electrons. The van der Waals surface area contributed by atoms with E-state index in [-0.39, 0.29) is 23.3 Å². The highest BCUT2D eigenvalue weighted by atomic mass is 32.3. The average molecular weight is 461 g/mol. The van der Waals surface area contributed by atoms with Gasteiger partial charge in [0.15, 0.2) is 0 Å². The molecule has 0 bridgehead atoms. The van der Waals surface area contributed by atoms with Crippen LogP contribution in [0.1, 0.15) is 22.3 Å². The molecule has 0 heterocycles. The van der Waals surface area contributed by atoms with Gasteiger partial charge in [-0.3, -0.25) is 0 Å². The lowest BCUT2D eigenvalue weighted by Crippen LogP contribution is -2.31. The lowest BCUT2D eigenvalue weighted by Gasteiger charge is -2.14. The van der Waals surface area contributed by atoms with E-state index in [2.05, 4.69) is 0 Å². The monoisotopic (exact) mass is 461 g/mol. The number of sulfonamides is 2. The molecule has 0 amide bonds. The molecule has 0 radical (unpaired) electrons. The number of aryl methyl sites for hydroxylation is 2. The second-order valence-electron chi connectivity index (χ2n) is 6.16. The Kier molecular flexibility index (Phi) is 5.82. The van der Waals surface area contributed by atoms with Crippen LogP contribution in [0.3, 0.4) is 0 Å². The molecule has 0 fully saturated rings. The predicted molar refractivity (Wildman–Crippen MR) is 89.9 cm³/mol. The molecule has 1 N–H and O–H groups in total. The maximum Gasteiger partial charge on any atom is 0.416 e. The molecule has 0 aliphatic heterocycles. The maximum absolute atomic E-state index is 12.9. The normalized spacial score (nSPS) is 13.5. The highest BCUT2D eigenvalue weighted by molar-refractivity contribution is 8.04. The molecule has 0 saturated carbocycles. The van der Waals surface area contributed by atoms with Crippen molar-refractivity contribution in [3.63, 3.8) is 0 Å². The molecule has 5 nitrogen and oxygen atoms in total. The Morgan fingerprint density at radius 3 is 1.21 bits per heavy atom. The number of hydrogen-bond acceptors (Lipinski definition) is 4. The first-order chi connectivity index (χ1) is 12.9. The van der Waals surface area contributed by atoms with E-state index in [4.69, 9.17) is 0 Å². The van der Waals surface area contributed by atoms with Crippen molar-refractivity contribution in [3.05, 3.63) is 58.7 Å². The highest BCUT2D eigenvalue weighted by Gasteiger charge is 2.35. The first-order valence-corrected chi connectivity index (χ1v) is 10.5. The van der Waals surface area contributed by atoms with Gasteiger partial charge in [0.1, 0.15) is 0 Å². The Hall–Kier alpha value is -2.12. The zero-order chi connectivity index (χ0) is 22.4. The lowest BCUT2D eigenvalue weighted by molar-refractivity contribution is -0.138. The summed E-state index contributed by atoms with van der Waals surface area (Å²) < 4.78 is 128. The standard InChI is InChI=1S/C16H13F6NO4S2/c1-9-3-11(15(17,18)19)7-13(5-9)28(24,25)23-29(26,27)14-6-10(2)4-12(8-14)16(20,21)22/h3-8,23H,1-2H3. The summed E-state index contributed by atoms with van der Waals surface area (Å²) in [6.07, 6.45) is -9.79. The Balaban J connectivity index is 2.53. The van der Waals surface area contributed by atoms with E-state index in [0.29, 0.717) is 12.1 Å². The Morgan fingerprint density at radius 1 is 0.621 bits per heavy atom. The fraction of sp³-hybridized carbons (Fsp3) is 0.250. The van der Waals surface area contributed by atoms with Gasteiger partial charge in [0.05, 0.1) is 20.9 Å². The van der Waals surface area contributed by atoms with Crippen LogP contribution in [-0.2, 0) is 32.4 Å². The third-order valence-electron chi connectivity index (χ3n) is 3.60. The van der Waals surface area contributed by atoms with Crippen LogP contribution in [0, 0.1) is 13.8 Å². The predicted octanol–water partition coefficient (Wildman–Crippen LogP) is 4.01. The minimum atomic E-state index is -5.05. The van der Waals surface area contributed by atoms with Gasteiger partial charge in [-0.15, -0.1) is 4.13 Å². The van der Waals surface area contributed by atoms with Crippen LogP contribution < -0.4 is 4.13 Å². The summed E-state index contributed by atoms with van der Waals surface area (Å²) in [5, 5.41) is 0. The first-order valence-electron chi connectivity index (χ1n) is 7.58. The van der Waals surface area contributed by atoms with Crippen molar-refractivity contribution in [1.29, 1.82) is 0 Å². The minimum absolute atomic E-state index is 0.118. The number of hydrogen-bond donors (Lipinski definition) is 1. The van der Waals surface area contributed by atoms with Crippen LogP contribution in [0.15, 0.2) is 46.2 Å². The summed E-state index contributed by atoms with van der Waals surface area (Å²) in [6, 6.07) is 3.35.